The van der Waals surface area contributed by atoms with Crippen molar-refractivity contribution in [2.75, 3.05) is 7.11 Å². The molecule has 0 bridgehead atoms. The first-order valence-electron chi connectivity index (χ1n) is 4.56. The van der Waals surface area contributed by atoms with E-state index in [-0.39, 0.29) is 5.97 Å². The highest BCUT2D eigenvalue weighted by molar-refractivity contribution is 5.82. The zero-order valence-electron chi connectivity index (χ0n) is 7.80. The summed E-state index contributed by atoms with van der Waals surface area (Å²) in [6.07, 6.45) is 6.35. The first-order valence-corrected chi connectivity index (χ1v) is 4.56. The van der Waals surface area contributed by atoms with Crippen molar-refractivity contribution in [3.05, 3.63) is 11.6 Å². The van der Waals surface area contributed by atoms with Gasteiger partial charge in [-0.15, -0.1) is 0 Å². The van der Waals surface area contributed by atoms with E-state index >= 15 is 0 Å². The Bertz CT molecular complexity index is 194. The van der Waals surface area contributed by atoms with E-state index in [4.69, 9.17) is 0 Å². The minimum atomic E-state index is -0.203. The van der Waals surface area contributed by atoms with Gasteiger partial charge in [0.2, 0.25) is 0 Å². The van der Waals surface area contributed by atoms with Crippen molar-refractivity contribution < 1.29 is 9.53 Å². The molecule has 1 fully saturated rings. The summed E-state index contributed by atoms with van der Waals surface area (Å²) in [7, 11) is 1.43. The molecule has 0 spiro atoms. The van der Waals surface area contributed by atoms with Crippen molar-refractivity contribution in [3.8, 4) is 0 Å². The minimum absolute atomic E-state index is 0.203. The van der Waals surface area contributed by atoms with Crippen LogP contribution in [0.2, 0.25) is 0 Å². The topological polar surface area (TPSA) is 26.3 Å². The molecule has 0 aromatic heterocycles. The number of hydrogen-bond acceptors (Lipinski definition) is 2. The van der Waals surface area contributed by atoms with E-state index in [1.807, 2.05) is 0 Å². The lowest BCUT2D eigenvalue weighted by Gasteiger charge is -2.07. The SMILES string of the molecule is CCC1CCCC1=CC(=O)OC. The fraction of sp³-hybridized carbons (Fsp3) is 0.700. The smallest absolute Gasteiger partial charge is 0.330 e. The molecule has 2 nitrogen and oxygen atoms in total. The zero-order chi connectivity index (χ0) is 8.97. The molecule has 0 radical (unpaired) electrons. The van der Waals surface area contributed by atoms with Crippen LogP contribution in [-0.4, -0.2) is 13.1 Å². The lowest BCUT2D eigenvalue weighted by molar-refractivity contribution is -0.134. The van der Waals surface area contributed by atoms with E-state index in [1.54, 1.807) is 6.08 Å². The van der Waals surface area contributed by atoms with E-state index in [1.165, 1.54) is 25.5 Å². The normalized spacial score (nSPS) is 26.2. The van der Waals surface area contributed by atoms with Gasteiger partial charge in [0.15, 0.2) is 0 Å². The summed E-state index contributed by atoms with van der Waals surface area (Å²) in [5.41, 5.74) is 1.28. The van der Waals surface area contributed by atoms with E-state index in [2.05, 4.69) is 11.7 Å². The van der Waals surface area contributed by atoms with Gasteiger partial charge in [0.25, 0.3) is 0 Å². The predicted octanol–water partition coefficient (Wildman–Crippen LogP) is 2.30. The number of rotatable bonds is 2. The number of methoxy groups -OCH3 is 1. The summed E-state index contributed by atoms with van der Waals surface area (Å²) < 4.78 is 4.59. The molecular formula is C10H16O2. The van der Waals surface area contributed by atoms with Gasteiger partial charge in [0.05, 0.1) is 7.11 Å². The highest BCUT2D eigenvalue weighted by Gasteiger charge is 2.19. The summed E-state index contributed by atoms with van der Waals surface area (Å²) in [6, 6.07) is 0. The highest BCUT2D eigenvalue weighted by Crippen LogP contribution is 2.32. The summed E-state index contributed by atoms with van der Waals surface area (Å²) in [5.74, 6) is 0.425. The summed E-state index contributed by atoms with van der Waals surface area (Å²) in [5, 5.41) is 0. The molecule has 12 heavy (non-hydrogen) atoms. The molecule has 1 atom stereocenters. The second-order valence-electron chi connectivity index (χ2n) is 3.24. The third kappa shape index (κ3) is 2.10. The van der Waals surface area contributed by atoms with E-state index in [9.17, 15) is 4.79 Å². The second kappa shape index (κ2) is 4.29. The molecule has 0 N–H and O–H groups in total. The molecule has 1 rings (SSSR count). The van der Waals surface area contributed by atoms with Gasteiger partial charge in [-0.1, -0.05) is 12.5 Å². The molecule has 0 amide bonds. The molecule has 0 aliphatic heterocycles. The Morgan fingerprint density at radius 1 is 1.75 bits per heavy atom. The van der Waals surface area contributed by atoms with Crippen molar-refractivity contribution in [2.24, 2.45) is 5.92 Å². The Morgan fingerprint density at radius 3 is 3.08 bits per heavy atom. The van der Waals surface area contributed by atoms with Crippen molar-refractivity contribution in [1.82, 2.24) is 0 Å². The number of carbonyl (C=O) groups excluding carboxylic acids is 1. The molecule has 0 aromatic carbocycles. The molecule has 0 saturated heterocycles. The van der Waals surface area contributed by atoms with Gasteiger partial charge in [0.1, 0.15) is 0 Å². The molecular weight excluding hydrogens is 152 g/mol. The van der Waals surface area contributed by atoms with Gasteiger partial charge in [-0.05, 0) is 31.6 Å². The third-order valence-electron chi connectivity index (χ3n) is 2.54. The Kier molecular flexibility index (Phi) is 3.32. The fourth-order valence-corrected chi connectivity index (χ4v) is 1.81. The molecule has 1 aliphatic carbocycles. The van der Waals surface area contributed by atoms with Crippen LogP contribution in [-0.2, 0) is 9.53 Å². The van der Waals surface area contributed by atoms with E-state index < -0.39 is 0 Å². The van der Waals surface area contributed by atoms with Crippen molar-refractivity contribution in [3.63, 3.8) is 0 Å². The van der Waals surface area contributed by atoms with Crippen LogP contribution in [0.1, 0.15) is 32.6 Å². The van der Waals surface area contributed by atoms with Gasteiger partial charge in [-0.25, -0.2) is 4.79 Å². The quantitative estimate of drug-likeness (QED) is 0.467. The van der Waals surface area contributed by atoms with Gasteiger partial charge in [-0.3, -0.25) is 0 Å². The lowest BCUT2D eigenvalue weighted by Crippen LogP contribution is -2.00. The Morgan fingerprint density at radius 2 is 2.50 bits per heavy atom. The van der Waals surface area contributed by atoms with Gasteiger partial charge in [-0.2, -0.15) is 0 Å². The minimum Gasteiger partial charge on any atom is -0.466 e. The van der Waals surface area contributed by atoms with E-state index in [0.717, 1.165) is 12.8 Å². The van der Waals surface area contributed by atoms with Crippen LogP contribution in [0.3, 0.4) is 0 Å². The molecule has 0 heterocycles. The van der Waals surface area contributed by atoms with Crippen molar-refractivity contribution in [2.45, 2.75) is 32.6 Å². The maximum absolute atomic E-state index is 10.9. The number of allylic oxidation sites excluding steroid dienone is 1. The van der Waals surface area contributed by atoms with Crippen LogP contribution in [0.25, 0.3) is 0 Å². The molecule has 2 heteroatoms. The first-order chi connectivity index (χ1) is 5.77. The maximum Gasteiger partial charge on any atom is 0.330 e. The number of carbonyl (C=O) groups is 1. The van der Waals surface area contributed by atoms with Crippen LogP contribution in [0, 0.1) is 5.92 Å². The first kappa shape index (κ1) is 9.30. The molecule has 68 valence electrons. The van der Waals surface area contributed by atoms with Gasteiger partial charge in [0, 0.05) is 6.08 Å². The third-order valence-corrected chi connectivity index (χ3v) is 2.54. The summed E-state index contributed by atoms with van der Waals surface area (Å²) >= 11 is 0. The zero-order valence-corrected chi connectivity index (χ0v) is 7.80. The standard InChI is InChI=1S/C10H16O2/c1-3-8-5-4-6-9(8)7-10(11)12-2/h7-8H,3-6H2,1-2H3. The van der Waals surface area contributed by atoms with Crippen molar-refractivity contribution in [1.29, 1.82) is 0 Å². The maximum atomic E-state index is 10.9. The summed E-state index contributed by atoms with van der Waals surface area (Å²) in [6.45, 7) is 2.17. The van der Waals surface area contributed by atoms with E-state index in [0.29, 0.717) is 5.92 Å². The Labute approximate surface area is 73.6 Å². The van der Waals surface area contributed by atoms with Gasteiger partial charge < -0.3 is 4.74 Å². The molecule has 1 unspecified atom stereocenters. The molecule has 1 aliphatic rings. The fourth-order valence-electron chi connectivity index (χ4n) is 1.81. The monoisotopic (exact) mass is 168 g/mol. The largest absolute Gasteiger partial charge is 0.466 e. The Hall–Kier alpha value is -0.790. The summed E-state index contributed by atoms with van der Waals surface area (Å²) in [4.78, 5) is 10.9. The average molecular weight is 168 g/mol. The average Bonchev–Trinajstić information content (AvgIpc) is 2.51. The lowest BCUT2D eigenvalue weighted by atomic mass is 10.00. The molecule has 0 aromatic rings. The van der Waals surface area contributed by atoms with Crippen LogP contribution in [0.15, 0.2) is 11.6 Å². The number of esters is 1. The van der Waals surface area contributed by atoms with Gasteiger partial charge >= 0.3 is 5.97 Å². The number of ether oxygens (including phenoxy) is 1. The number of hydrogen-bond donors (Lipinski definition) is 0. The highest BCUT2D eigenvalue weighted by atomic mass is 16.5. The molecule has 1 saturated carbocycles. The van der Waals surface area contributed by atoms with Crippen molar-refractivity contribution >= 4 is 5.97 Å². The van der Waals surface area contributed by atoms with Crippen LogP contribution in [0.5, 0.6) is 0 Å². The predicted molar refractivity (Wildman–Crippen MR) is 47.7 cm³/mol. The van der Waals surface area contributed by atoms with Crippen LogP contribution >= 0.6 is 0 Å². The Balaban J connectivity index is 2.60. The van der Waals surface area contributed by atoms with Crippen LogP contribution < -0.4 is 0 Å². The second-order valence-corrected chi connectivity index (χ2v) is 3.24. The van der Waals surface area contributed by atoms with Crippen LogP contribution in [0.4, 0.5) is 0 Å².